The molecule has 7 nitrogen and oxygen atoms in total. The lowest BCUT2D eigenvalue weighted by Crippen LogP contribution is -2.11. The molecule has 0 atom stereocenters. The van der Waals surface area contributed by atoms with Crippen LogP contribution in [-0.2, 0) is 6.54 Å². The maximum absolute atomic E-state index is 12.6. The Morgan fingerprint density at radius 3 is 2.44 bits per heavy atom. The van der Waals surface area contributed by atoms with Gasteiger partial charge in [-0.15, -0.1) is 17.5 Å². The molecule has 1 saturated carbocycles. The van der Waals surface area contributed by atoms with Crippen molar-refractivity contribution in [2.75, 3.05) is 25.6 Å². The van der Waals surface area contributed by atoms with Crippen LogP contribution in [0.15, 0.2) is 60.4 Å². The average molecular weight is 460 g/mol. The predicted octanol–water partition coefficient (Wildman–Crippen LogP) is 4.19. The number of aromatic nitrogens is 3. The maximum Gasteiger partial charge on any atom is 0.222 e. The molecule has 2 aromatic carbocycles. The van der Waals surface area contributed by atoms with Crippen LogP contribution >= 0.6 is 12.4 Å². The van der Waals surface area contributed by atoms with Gasteiger partial charge in [0.05, 0.1) is 20.0 Å². The van der Waals surface area contributed by atoms with Crippen LogP contribution in [0, 0.1) is 0 Å². The number of nitrogens with zero attached hydrogens (tertiary/aromatic N) is 3. The molecule has 0 radical (unpaired) electrons. The van der Waals surface area contributed by atoms with E-state index in [2.05, 4.69) is 5.32 Å². The van der Waals surface area contributed by atoms with Gasteiger partial charge in [0.1, 0.15) is 18.1 Å². The Kier molecular flexibility index (Phi) is 8.08. The highest BCUT2D eigenvalue weighted by Gasteiger charge is 2.24. The second-order valence-corrected chi connectivity index (χ2v) is 7.47. The van der Waals surface area contributed by atoms with Gasteiger partial charge in [-0.1, -0.05) is 12.1 Å². The number of hydrogen-bond donors (Lipinski definition) is 2. The number of methoxy groups -OCH3 is 1. The molecule has 4 rings (SSSR count). The zero-order valence-electron chi connectivity index (χ0n) is 17.8. The van der Waals surface area contributed by atoms with E-state index in [4.69, 9.17) is 25.3 Å². The van der Waals surface area contributed by atoms with Crippen LogP contribution in [-0.4, -0.2) is 41.1 Å². The van der Waals surface area contributed by atoms with Crippen LogP contribution < -0.4 is 20.5 Å². The van der Waals surface area contributed by atoms with E-state index < -0.39 is 0 Å². The summed E-state index contributed by atoms with van der Waals surface area (Å²) in [5.41, 5.74) is 7.84. The van der Waals surface area contributed by atoms with Crippen LogP contribution in [0.2, 0.25) is 0 Å². The van der Waals surface area contributed by atoms with Crippen molar-refractivity contribution in [2.45, 2.75) is 25.4 Å². The normalized spacial score (nSPS) is 13.4. The summed E-state index contributed by atoms with van der Waals surface area (Å²) in [6.45, 7) is 0.849. The Balaban J connectivity index is 0.00000289. The van der Waals surface area contributed by atoms with Gasteiger partial charge >= 0.3 is 0 Å². The van der Waals surface area contributed by atoms with E-state index in [1.165, 1.54) is 0 Å². The van der Waals surface area contributed by atoms with Crippen molar-refractivity contribution in [2.24, 2.45) is 5.73 Å². The fourth-order valence-corrected chi connectivity index (χ4v) is 3.01. The minimum Gasteiger partial charge on any atom is -0.497 e. The van der Waals surface area contributed by atoms with Crippen LogP contribution in [0.4, 0.5) is 10.3 Å². The lowest BCUT2D eigenvalue weighted by molar-refractivity contribution is 0.347. The van der Waals surface area contributed by atoms with Crippen LogP contribution in [0.5, 0.6) is 11.5 Å². The maximum atomic E-state index is 12.6. The number of hydrogen-bond acceptors (Lipinski definition) is 6. The summed E-state index contributed by atoms with van der Waals surface area (Å²) in [5, 5.41) is 8.19. The average Bonchev–Trinajstić information content (AvgIpc) is 3.55. The van der Waals surface area contributed by atoms with Gasteiger partial charge in [-0.2, -0.15) is 4.98 Å². The Morgan fingerprint density at radius 1 is 1.16 bits per heavy atom. The van der Waals surface area contributed by atoms with Gasteiger partial charge in [0.15, 0.2) is 5.82 Å². The molecule has 0 unspecified atom stereocenters. The van der Waals surface area contributed by atoms with E-state index in [1.54, 1.807) is 7.11 Å². The highest BCUT2D eigenvalue weighted by Crippen LogP contribution is 2.27. The van der Waals surface area contributed by atoms with E-state index in [-0.39, 0.29) is 25.6 Å². The Morgan fingerprint density at radius 2 is 1.84 bits per heavy atom. The van der Waals surface area contributed by atoms with Crippen molar-refractivity contribution in [3.63, 3.8) is 0 Å². The zero-order valence-corrected chi connectivity index (χ0v) is 18.6. The standard InChI is InChI=1S/C23H26FN5O2.ClH/c1-30-20-8-2-16(3-9-20)14-29-23(26-19-6-7-19)27-22(28-29)18-4-10-21(11-5-18)31-15-17(12-24)13-25;/h2-5,8-12,19H,6-7,13-15,25H2,1H3,(H,26,27,28);1H/b17-12+;. The summed E-state index contributed by atoms with van der Waals surface area (Å²) in [6, 6.07) is 15.8. The van der Waals surface area contributed by atoms with E-state index in [1.807, 2.05) is 53.2 Å². The topological polar surface area (TPSA) is 87.2 Å². The van der Waals surface area contributed by atoms with Crippen LogP contribution in [0.1, 0.15) is 18.4 Å². The summed E-state index contributed by atoms with van der Waals surface area (Å²) in [7, 11) is 1.65. The van der Waals surface area contributed by atoms with Crippen LogP contribution in [0.3, 0.4) is 0 Å². The number of halogens is 2. The lowest BCUT2D eigenvalue weighted by Gasteiger charge is -2.08. The third kappa shape index (κ3) is 5.99. The molecule has 1 heterocycles. The van der Waals surface area contributed by atoms with Gasteiger partial charge in [0.2, 0.25) is 5.95 Å². The fourth-order valence-electron chi connectivity index (χ4n) is 3.01. The van der Waals surface area contributed by atoms with Crippen molar-refractivity contribution in [3.8, 4) is 22.9 Å². The number of nitrogens with two attached hydrogens (primary N) is 1. The molecule has 3 N–H and O–H groups in total. The molecule has 0 spiro atoms. The van der Waals surface area contributed by atoms with E-state index >= 15 is 0 Å². The highest BCUT2D eigenvalue weighted by atomic mass is 35.5. The molecule has 1 fully saturated rings. The van der Waals surface area contributed by atoms with E-state index in [0.717, 1.165) is 35.7 Å². The Hall–Kier alpha value is -3.10. The number of benzene rings is 2. The van der Waals surface area contributed by atoms with Crippen molar-refractivity contribution in [1.29, 1.82) is 0 Å². The smallest absolute Gasteiger partial charge is 0.222 e. The van der Waals surface area contributed by atoms with E-state index in [0.29, 0.717) is 36.1 Å². The van der Waals surface area contributed by atoms with Crippen molar-refractivity contribution in [1.82, 2.24) is 14.8 Å². The molecular weight excluding hydrogens is 433 g/mol. The van der Waals surface area contributed by atoms with Crippen LogP contribution in [0.25, 0.3) is 11.4 Å². The molecular formula is C23H27ClFN5O2. The number of anilines is 1. The summed E-state index contributed by atoms with van der Waals surface area (Å²) >= 11 is 0. The molecule has 0 bridgehead atoms. The third-order valence-corrected chi connectivity index (χ3v) is 5.03. The van der Waals surface area contributed by atoms with Crippen molar-refractivity contribution in [3.05, 3.63) is 66.0 Å². The highest BCUT2D eigenvalue weighted by molar-refractivity contribution is 5.85. The first kappa shape index (κ1) is 23.6. The summed E-state index contributed by atoms with van der Waals surface area (Å²) < 4.78 is 25.3. The van der Waals surface area contributed by atoms with E-state index in [9.17, 15) is 4.39 Å². The molecule has 9 heteroatoms. The minimum absolute atomic E-state index is 0. The number of ether oxygens (including phenoxy) is 2. The third-order valence-electron chi connectivity index (χ3n) is 5.03. The predicted molar refractivity (Wildman–Crippen MR) is 125 cm³/mol. The van der Waals surface area contributed by atoms with Gasteiger partial charge in [-0.05, 0) is 54.8 Å². The molecule has 170 valence electrons. The minimum atomic E-state index is 0. The van der Waals surface area contributed by atoms with Crippen molar-refractivity contribution < 1.29 is 13.9 Å². The first-order valence-corrected chi connectivity index (χ1v) is 10.2. The van der Waals surface area contributed by atoms with Gasteiger partial charge in [-0.3, -0.25) is 0 Å². The summed E-state index contributed by atoms with van der Waals surface area (Å²) in [4.78, 5) is 4.72. The molecule has 0 amide bonds. The zero-order chi connectivity index (χ0) is 21.6. The monoisotopic (exact) mass is 459 g/mol. The molecule has 0 saturated heterocycles. The second-order valence-electron chi connectivity index (χ2n) is 7.47. The molecule has 32 heavy (non-hydrogen) atoms. The molecule has 3 aromatic rings. The van der Waals surface area contributed by atoms with Crippen molar-refractivity contribution >= 4 is 18.4 Å². The molecule has 1 aromatic heterocycles. The SMILES string of the molecule is COc1ccc(Cn2nc(-c3ccc(OC/C(=C/F)CN)cc3)nc2NC2CC2)cc1.Cl. The second kappa shape index (κ2) is 11.0. The first-order chi connectivity index (χ1) is 15.2. The molecule has 1 aliphatic rings. The lowest BCUT2D eigenvalue weighted by atomic mass is 10.2. The van der Waals surface area contributed by atoms with Gasteiger partial charge in [0, 0.05) is 23.7 Å². The fraction of sp³-hybridized carbons (Fsp3) is 0.304. The first-order valence-electron chi connectivity index (χ1n) is 10.2. The van der Waals surface area contributed by atoms with Gasteiger partial charge in [0.25, 0.3) is 0 Å². The quantitative estimate of drug-likeness (QED) is 0.472. The number of rotatable bonds is 10. The van der Waals surface area contributed by atoms with Gasteiger partial charge < -0.3 is 20.5 Å². The molecule has 0 aliphatic heterocycles. The Labute approximate surface area is 192 Å². The molecule has 1 aliphatic carbocycles. The Bertz CT molecular complexity index is 1030. The van der Waals surface area contributed by atoms with Gasteiger partial charge in [-0.25, -0.2) is 9.07 Å². The largest absolute Gasteiger partial charge is 0.497 e. The number of nitrogens with one attached hydrogen (secondary N) is 1. The summed E-state index contributed by atoms with van der Waals surface area (Å²) in [5.74, 6) is 2.84. The summed E-state index contributed by atoms with van der Waals surface area (Å²) in [6.07, 6.45) is 2.78.